The summed E-state index contributed by atoms with van der Waals surface area (Å²) in [5, 5.41) is 10.3. The van der Waals surface area contributed by atoms with E-state index in [-0.39, 0.29) is 31.3 Å². The molecule has 0 unspecified atom stereocenters. The lowest BCUT2D eigenvalue weighted by atomic mass is 9.94. The number of hydrogen-bond acceptors (Lipinski definition) is 4. The molecule has 9 heteroatoms. The number of carboxylic acid groups (broad SMARTS) is 1. The zero-order valence-electron chi connectivity index (χ0n) is 21.8. The number of benzene rings is 3. The Morgan fingerprint density at radius 3 is 2.08 bits per heavy atom. The van der Waals surface area contributed by atoms with Gasteiger partial charge in [-0.1, -0.05) is 65.7 Å². The van der Waals surface area contributed by atoms with Crippen molar-refractivity contribution < 1.29 is 19.5 Å². The van der Waals surface area contributed by atoms with E-state index in [4.69, 9.17) is 23.2 Å². The van der Waals surface area contributed by atoms with E-state index >= 15 is 0 Å². The molecular weight excluding hydrogens is 549 g/mol. The minimum atomic E-state index is -1.01. The third-order valence-electron chi connectivity index (χ3n) is 6.49. The van der Waals surface area contributed by atoms with Gasteiger partial charge in [0.1, 0.15) is 0 Å². The number of aromatic nitrogens is 1. The van der Waals surface area contributed by atoms with Gasteiger partial charge in [-0.05, 0) is 59.5 Å². The normalized spacial score (nSPS) is 10.7. The largest absolute Gasteiger partial charge is 0.481 e. The fourth-order valence-electron chi connectivity index (χ4n) is 4.35. The maximum Gasteiger partial charge on any atom is 0.305 e. The van der Waals surface area contributed by atoms with Crippen LogP contribution in [0.4, 0.5) is 5.69 Å². The number of aliphatic carboxylic acids is 1. The molecule has 1 aromatic heterocycles. The molecule has 1 heterocycles. The molecule has 40 heavy (non-hydrogen) atoms. The minimum absolute atomic E-state index is 0.0119. The van der Waals surface area contributed by atoms with Crippen molar-refractivity contribution in [2.75, 3.05) is 25.0 Å². The number of carbonyl (C=O) groups excluding carboxylic acids is 2. The van der Waals surface area contributed by atoms with Crippen molar-refractivity contribution in [2.45, 2.75) is 12.8 Å². The topological polar surface area (TPSA) is 90.8 Å². The molecule has 3 aromatic carbocycles. The summed E-state index contributed by atoms with van der Waals surface area (Å²) in [6.07, 6.45) is 3.43. The second-order valence-electron chi connectivity index (χ2n) is 9.09. The van der Waals surface area contributed by atoms with Gasteiger partial charge in [-0.15, -0.1) is 0 Å². The number of carbonyl (C=O) groups is 3. The van der Waals surface area contributed by atoms with Crippen LogP contribution in [0.25, 0.3) is 11.1 Å². The van der Waals surface area contributed by atoms with Gasteiger partial charge in [0, 0.05) is 47.5 Å². The van der Waals surface area contributed by atoms with Crippen LogP contribution in [0.2, 0.25) is 10.0 Å². The number of nitrogens with zero attached hydrogens (tertiary/aromatic N) is 3. The van der Waals surface area contributed by atoms with Gasteiger partial charge in [0.2, 0.25) is 0 Å². The molecule has 0 aliphatic heterocycles. The monoisotopic (exact) mass is 575 g/mol. The summed E-state index contributed by atoms with van der Waals surface area (Å²) in [7, 11) is 1.67. The lowest BCUT2D eigenvalue weighted by Gasteiger charge is -2.24. The second kappa shape index (κ2) is 13.2. The van der Waals surface area contributed by atoms with Crippen LogP contribution in [0.15, 0.2) is 91.3 Å². The molecule has 0 aliphatic carbocycles. The van der Waals surface area contributed by atoms with Gasteiger partial charge in [-0.25, -0.2) is 0 Å². The molecular formula is C31H27Cl2N3O4. The number of halogens is 2. The molecule has 0 bridgehead atoms. The third kappa shape index (κ3) is 6.86. The van der Waals surface area contributed by atoms with Crippen molar-refractivity contribution in [3.05, 3.63) is 118 Å². The highest BCUT2D eigenvalue weighted by Gasteiger charge is 2.24. The Balaban J connectivity index is 1.68. The number of hydrogen-bond donors (Lipinski definition) is 1. The Hall–Kier alpha value is -4.20. The molecule has 0 radical (unpaired) electrons. The molecule has 7 nitrogen and oxygen atoms in total. The molecule has 0 aliphatic rings. The Morgan fingerprint density at radius 2 is 1.48 bits per heavy atom. The number of pyridine rings is 1. The lowest BCUT2D eigenvalue weighted by Crippen LogP contribution is -2.35. The van der Waals surface area contributed by atoms with Crippen LogP contribution in [-0.2, 0) is 11.2 Å². The van der Waals surface area contributed by atoms with Crippen LogP contribution < -0.4 is 4.90 Å². The summed E-state index contributed by atoms with van der Waals surface area (Å²) in [6.45, 7) is 0.254. The summed E-state index contributed by atoms with van der Waals surface area (Å²) in [5.41, 5.74) is 3.36. The van der Waals surface area contributed by atoms with Crippen LogP contribution >= 0.6 is 23.2 Å². The molecule has 4 aromatic rings. The molecule has 0 atom stereocenters. The van der Waals surface area contributed by atoms with E-state index in [1.54, 1.807) is 92.2 Å². The van der Waals surface area contributed by atoms with Crippen molar-refractivity contribution in [3.63, 3.8) is 0 Å². The van der Waals surface area contributed by atoms with Gasteiger partial charge in [-0.2, -0.15) is 0 Å². The first-order valence-corrected chi connectivity index (χ1v) is 13.3. The van der Waals surface area contributed by atoms with E-state index < -0.39 is 5.97 Å². The highest BCUT2D eigenvalue weighted by Crippen LogP contribution is 2.30. The van der Waals surface area contributed by atoms with E-state index in [0.29, 0.717) is 44.4 Å². The summed E-state index contributed by atoms with van der Waals surface area (Å²) in [4.78, 5) is 46.0. The van der Waals surface area contributed by atoms with E-state index in [2.05, 4.69) is 4.98 Å². The predicted molar refractivity (Wildman–Crippen MR) is 157 cm³/mol. The minimum Gasteiger partial charge on any atom is -0.481 e. The summed E-state index contributed by atoms with van der Waals surface area (Å²) in [6, 6.07) is 22.8. The highest BCUT2D eigenvalue weighted by atomic mass is 35.5. The van der Waals surface area contributed by atoms with Gasteiger partial charge in [0.05, 0.1) is 18.3 Å². The summed E-state index contributed by atoms with van der Waals surface area (Å²) < 4.78 is 0. The van der Waals surface area contributed by atoms with Gasteiger partial charge in [0.25, 0.3) is 11.8 Å². The number of anilines is 1. The average molecular weight is 576 g/mol. The average Bonchev–Trinajstić information content (AvgIpc) is 2.97. The van der Waals surface area contributed by atoms with Crippen molar-refractivity contribution >= 4 is 46.7 Å². The van der Waals surface area contributed by atoms with Crippen molar-refractivity contribution in [1.82, 2.24) is 9.88 Å². The van der Waals surface area contributed by atoms with E-state index in [1.807, 2.05) is 6.07 Å². The molecule has 1 N–H and O–H groups in total. The van der Waals surface area contributed by atoms with Gasteiger partial charge >= 0.3 is 5.97 Å². The fraction of sp³-hybridized carbons (Fsp3) is 0.161. The van der Waals surface area contributed by atoms with E-state index in [0.717, 1.165) is 5.56 Å². The van der Waals surface area contributed by atoms with E-state index in [1.165, 1.54) is 9.80 Å². The van der Waals surface area contributed by atoms with Crippen LogP contribution in [-0.4, -0.2) is 52.9 Å². The molecule has 204 valence electrons. The predicted octanol–water partition coefficient (Wildman–Crippen LogP) is 6.49. The van der Waals surface area contributed by atoms with Gasteiger partial charge in [0.15, 0.2) is 0 Å². The maximum atomic E-state index is 13.9. The SMILES string of the molecule is CN(C(=O)c1ccccc1-c1ccccc1C(=O)N(CCC(=O)O)CCc1ccc(Cl)cc1Cl)c1cccnc1. The smallest absolute Gasteiger partial charge is 0.305 e. The van der Waals surface area contributed by atoms with Gasteiger partial charge in [-0.3, -0.25) is 19.4 Å². The lowest BCUT2D eigenvalue weighted by molar-refractivity contribution is -0.137. The molecule has 4 rings (SSSR count). The van der Waals surface area contributed by atoms with Gasteiger partial charge < -0.3 is 14.9 Å². The van der Waals surface area contributed by atoms with Crippen molar-refractivity contribution in [3.8, 4) is 11.1 Å². The standard InChI is InChI=1S/C31H27Cl2N3O4/c1-35(23-7-6-16-34-20-23)30(39)26-10-4-2-8-24(26)25-9-3-5-11-27(25)31(40)36(18-15-29(37)38)17-14-21-12-13-22(32)19-28(21)33/h2-13,16,19-20H,14-15,17-18H2,1H3,(H,37,38). The highest BCUT2D eigenvalue weighted by molar-refractivity contribution is 6.35. The number of rotatable bonds is 10. The first-order valence-electron chi connectivity index (χ1n) is 12.6. The third-order valence-corrected chi connectivity index (χ3v) is 7.08. The Bertz CT molecular complexity index is 1530. The first-order chi connectivity index (χ1) is 19.3. The zero-order chi connectivity index (χ0) is 28.6. The summed E-state index contributed by atoms with van der Waals surface area (Å²) in [5.74, 6) is -1.61. The van der Waals surface area contributed by atoms with Crippen LogP contribution in [0.3, 0.4) is 0 Å². The molecule has 0 spiro atoms. The van der Waals surface area contributed by atoms with Crippen molar-refractivity contribution in [2.24, 2.45) is 0 Å². The molecule has 0 saturated heterocycles. The summed E-state index contributed by atoms with van der Waals surface area (Å²) >= 11 is 12.4. The van der Waals surface area contributed by atoms with Crippen LogP contribution in [0, 0.1) is 0 Å². The Labute approximate surface area is 242 Å². The molecule has 0 fully saturated rings. The van der Waals surface area contributed by atoms with Crippen molar-refractivity contribution in [1.29, 1.82) is 0 Å². The van der Waals surface area contributed by atoms with E-state index in [9.17, 15) is 19.5 Å². The quantitative estimate of drug-likeness (QED) is 0.233. The fourth-order valence-corrected chi connectivity index (χ4v) is 4.86. The first kappa shape index (κ1) is 28.8. The zero-order valence-corrected chi connectivity index (χ0v) is 23.3. The molecule has 0 saturated carbocycles. The number of amides is 2. The maximum absolute atomic E-state index is 13.9. The molecule has 2 amide bonds. The Morgan fingerprint density at radius 1 is 0.825 bits per heavy atom. The Kier molecular flexibility index (Phi) is 9.53. The number of carboxylic acids is 1. The van der Waals surface area contributed by atoms with Crippen LogP contribution in [0.1, 0.15) is 32.7 Å². The second-order valence-corrected chi connectivity index (χ2v) is 9.93. The van der Waals surface area contributed by atoms with Crippen LogP contribution in [0.5, 0.6) is 0 Å².